The molecule has 31 heavy (non-hydrogen) atoms. The first kappa shape index (κ1) is 19.6. The molecular formula is C20H16BrFN6O3. The minimum atomic E-state index is -0.546. The van der Waals surface area contributed by atoms with Crippen LogP contribution < -0.4 is 10.1 Å². The molecule has 0 atom stereocenters. The molecule has 0 radical (unpaired) electrons. The molecule has 3 aromatic heterocycles. The molecule has 0 unspecified atom stereocenters. The van der Waals surface area contributed by atoms with Crippen LogP contribution in [0.4, 0.5) is 4.39 Å². The zero-order valence-electron chi connectivity index (χ0n) is 16.1. The third-order valence-electron chi connectivity index (χ3n) is 4.93. The first-order chi connectivity index (χ1) is 15.1. The van der Waals surface area contributed by atoms with Crippen LogP contribution in [0, 0.1) is 11.7 Å². The number of rotatable bonds is 7. The van der Waals surface area contributed by atoms with Gasteiger partial charge in [-0.3, -0.25) is 4.79 Å². The highest BCUT2D eigenvalue weighted by Crippen LogP contribution is 2.37. The Morgan fingerprint density at radius 2 is 2.23 bits per heavy atom. The molecule has 1 N–H and O–H groups in total. The van der Waals surface area contributed by atoms with Crippen molar-refractivity contribution in [3.8, 4) is 11.6 Å². The lowest BCUT2D eigenvalue weighted by atomic mass is 10.2. The molecule has 1 aromatic carbocycles. The average molecular weight is 487 g/mol. The molecule has 9 nitrogen and oxygen atoms in total. The summed E-state index contributed by atoms with van der Waals surface area (Å²) in [7, 11) is 0. The summed E-state index contributed by atoms with van der Waals surface area (Å²) in [5.74, 6) is 0.272. The lowest BCUT2D eigenvalue weighted by Gasteiger charge is -2.12. The fourth-order valence-corrected chi connectivity index (χ4v) is 3.63. The smallest absolute Gasteiger partial charge is 0.273 e. The average Bonchev–Trinajstić information content (AvgIpc) is 3.24. The molecule has 1 aliphatic rings. The number of ether oxygens (including phenoxy) is 1. The minimum Gasteiger partial charge on any atom is -0.437 e. The van der Waals surface area contributed by atoms with E-state index in [4.69, 9.17) is 4.74 Å². The summed E-state index contributed by atoms with van der Waals surface area (Å²) in [4.78, 5) is 16.1. The van der Waals surface area contributed by atoms with E-state index in [2.05, 4.69) is 46.2 Å². The Hall–Kier alpha value is -3.34. The molecule has 3 heterocycles. The van der Waals surface area contributed by atoms with Gasteiger partial charge in [0, 0.05) is 24.7 Å². The van der Waals surface area contributed by atoms with Crippen molar-refractivity contribution < 1.29 is 18.4 Å². The fraction of sp³-hybridized carbons (Fsp3) is 0.250. The maximum absolute atomic E-state index is 13.8. The third kappa shape index (κ3) is 4.13. The maximum atomic E-state index is 13.8. The highest BCUT2D eigenvalue weighted by Gasteiger charge is 2.24. The van der Waals surface area contributed by atoms with Crippen LogP contribution in [0.3, 0.4) is 0 Å². The van der Waals surface area contributed by atoms with Crippen molar-refractivity contribution in [2.45, 2.75) is 25.9 Å². The number of aromatic nitrogens is 5. The van der Waals surface area contributed by atoms with Gasteiger partial charge in [0.2, 0.25) is 5.88 Å². The normalized spacial score (nSPS) is 13.5. The second-order valence-electron chi connectivity index (χ2n) is 7.25. The maximum Gasteiger partial charge on any atom is 0.273 e. The van der Waals surface area contributed by atoms with E-state index in [1.165, 1.54) is 31.2 Å². The van der Waals surface area contributed by atoms with E-state index < -0.39 is 11.7 Å². The number of hydrogen-bond donors (Lipinski definition) is 1. The van der Waals surface area contributed by atoms with Gasteiger partial charge in [0.15, 0.2) is 5.69 Å². The molecule has 1 saturated carbocycles. The molecule has 0 saturated heterocycles. The van der Waals surface area contributed by atoms with Gasteiger partial charge in [-0.25, -0.2) is 14.1 Å². The van der Waals surface area contributed by atoms with Crippen LogP contribution in [-0.4, -0.2) is 31.0 Å². The van der Waals surface area contributed by atoms with Crippen LogP contribution in [0.2, 0.25) is 0 Å². The van der Waals surface area contributed by atoms with Gasteiger partial charge in [-0.15, -0.1) is 5.10 Å². The summed E-state index contributed by atoms with van der Waals surface area (Å²) in [5.41, 5.74) is 2.05. The van der Waals surface area contributed by atoms with Crippen molar-refractivity contribution in [3.63, 3.8) is 0 Å². The monoisotopic (exact) mass is 486 g/mol. The Kier molecular flexibility index (Phi) is 5.10. The van der Waals surface area contributed by atoms with Gasteiger partial charge < -0.3 is 14.6 Å². The zero-order valence-corrected chi connectivity index (χ0v) is 17.7. The number of nitrogens with zero attached hydrogens (tertiary/aromatic N) is 5. The number of halogens is 2. The summed E-state index contributed by atoms with van der Waals surface area (Å²) in [6, 6.07) is 6.35. The summed E-state index contributed by atoms with van der Waals surface area (Å²) < 4.78 is 26.9. The number of pyridine rings is 1. The van der Waals surface area contributed by atoms with Gasteiger partial charge in [-0.05, 0) is 52.9 Å². The summed E-state index contributed by atoms with van der Waals surface area (Å²) in [6.07, 6.45) is 4.78. The molecule has 0 spiro atoms. The number of nitrogens with one attached hydrogen (secondary N) is 1. The predicted octanol–water partition coefficient (Wildman–Crippen LogP) is 3.85. The fourth-order valence-electron chi connectivity index (χ4n) is 3.13. The number of hydrogen-bond acceptors (Lipinski definition) is 7. The van der Waals surface area contributed by atoms with E-state index in [0.717, 1.165) is 18.3 Å². The van der Waals surface area contributed by atoms with Crippen molar-refractivity contribution in [2.24, 2.45) is 5.92 Å². The summed E-state index contributed by atoms with van der Waals surface area (Å²) in [5, 5.41) is 14.7. The third-order valence-corrected chi connectivity index (χ3v) is 5.69. The topological polar surface area (TPSA) is 108 Å². The molecule has 0 bridgehead atoms. The van der Waals surface area contributed by atoms with Crippen LogP contribution >= 0.6 is 15.9 Å². The standard InChI is InChI=1S/C20H16BrFN6O3/c21-17-16(4-3-15-18(17)25-27-28(15)10-11-1-2-11)31-20-12(7-13(22)9-24-20)8-23-19(29)14-5-6-30-26-14/h3-7,9,11H,1-2,8,10H2,(H,23,29). The molecule has 158 valence electrons. The second kappa shape index (κ2) is 8.06. The zero-order chi connectivity index (χ0) is 21.4. The molecule has 5 rings (SSSR count). The van der Waals surface area contributed by atoms with E-state index in [-0.39, 0.29) is 18.1 Å². The Balaban J connectivity index is 1.38. The Morgan fingerprint density at radius 3 is 3.00 bits per heavy atom. The number of benzene rings is 1. The van der Waals surface area contributed by atoms with E-state index in [0.29, 0.717) is 27.2 Å². The molecule has 4 aromatic rings. The Labute approximate surface area is 183 Å². The van der Waals surface area contributed by atoms with E-state index in [9.17, 15) is 9.18 Å². The molecule has 1 fully saturated rings. The van der Waals surface area contributed by atoms with Crippen molar-refractivity contribution in [1.29, 1.82) is 0 Å². The number of amides is 1. The first-order valence-corrected chi connectivity index (χ1v) is 10.4. The van der Waals surface area contributed by atoms with Gasteiger partial charge in [-0.1, -0.05) is 10.4 Å². The Bertz CT molecular complexity index is 1260. The highest BCUT2D eigenvalue weighted by molar-refractivity contribution is 9.10. The van der Waals surface area contributed by atoms with Crippen molar-refractivity contribution >= 4 is 32.9 Å². The first-order valence-electron chi connectivity index (χ1n) is 9.61. The molecule has 0 aliphatic heterocycles. The lowest BCUT2D eigenvalue weighted by Crippen LogP contribution is -2.23. The quantitative estimate of drug-likeness (QED) is 0.422. The SMILES string of the molecule is O=C(NCc1cc(F)cnc1Oc1ccc2c(nnn2CC2CC2)c1Br)c1ccon1. The van der Waals surface area contributed by atoms with Crippen molar-refractivity contribution in [2.75, 3.05) is 0 Å². The van der Waals surface area contributed by atoms with Gasteiger partial charge in [0.05, 0.1) is 16.2 Å². The minimum absolute atomic E-state index is 0.0107. The summed E-state index contributed by atoms with van der Waals surface area (Å²) in [6.45, 7) is 0.835. The van der Waals surface area contributed by atoms with Crippen LogP contribution in [0.1, 0.15) is 28.9 Å². The summed E-state index contributed by atoms with van der Waals surface area (Å²) >= 11 is 3.53. The second-order valence-corrected chi connectivity index (χ2v) is 8.04. The number of fused-ring (bicyclic) bond motifs is 1. The highest BCUT2D eigenvalue weighted by atomic mass is 79.9. The van der Waals surface area contributed by atoms with Crippen LogP contribution in [0.25, 0.3) is 11.0 Å². The largest absolute Gasteiger partial charge is 0.437 e. The predicted molar refractivity (Wildman–Crippen MR) is 110 cm³/mol. The van der Waals surface area contributed by atoms with E-state index in [1.807, 2.05) is 10.7 Å². The van der Waals surface area contributed by atoms with E-state index in [1.54, 1.807) is 6.07 Å². The number of carbonyl (C=O) groups is 1. The van der Waals surface area contributed by atoms with Crippen LogP contribution in [0.15, 0.2) is 45.7 Å². The molecule has 1 aliphatic carbocycles. The van der Waals surface area contributed by atoms with Crippen LogP contribution in [-0.2, 0) is 13.1 Å². The molecule has 1 amide bonds. The van der Waals surface area contributed by atoms with Crippen molar-refractivity contribution in [3.05, 3.63) is 58.3 Å². The molecule has 11 heteroatoms. The van der Waals surface area contributed by atoms with Crippen molar-refractivity contribution in [1.82, 2.24) is 30.5 Å². The van der Waals surface area contributed by atoms with Gasteiger partial charge in [0.1, 0.15) is 23.3 Å². The molecular weight excluding hydrogens is 471 g/mol. The van der Waals surface area contributed by atoms with Crippen LogP contribution in [0.5, 0.6) is 11.6 Å². The van der Waals surface area contributed by atoms with Gasteiger partial charge >= 0.3 is 0 Å². The lowest BCUT2D eigenvalue weighted by molar-refractivity contribution is 0.0941. The van der Waals surface area contributed by atoms with E-state index >= 15 is 0 Å². The van der Waals surface area contributed by atoms with Gasteiger partial charge in [-0.2, -0.15) is 0 Å². The Morgan fingerprint density at radius 1 is 1.35 bits per heavy atom. The van der Waals surface area contributed by atoms with Gasteiger partial charge in [0.25, 0.3) is 5.91 Å². The number of carbonyl (C=O) groups excluding carboxylic acids is 1.